The highest BCUT2D eigenvalue weighted by atomic mass is 16.6. The van der Waals surface area contributed by atoms with Crippen molar-refractivity contribution in [2.75, 3.05) is 26.2 Å². The van der Waals surface area contributed by atoms with Gasteiger partial charge in [-0.05, 0) is 24.9 Å². The molecule has 6 nitrogen and oxygen atoms in total. The number of non-ortho nitro benzene ring substituents is 1. The average Bonchev–Trinajstić information content (AvgIpc) is 3.10. The molecule has 2 fully saturated rings. The fraction of sp³-hybridized carbons (Fsp3) is 0.533. The summed E-state index contributed by atoms with van der Waals surface area (Å²) in [5, 5.41) is 14.0. The highest BCUT2D eigenvalue weighted by Gasteiger charge is 2.41. The third-order valence-electron chi connectivity index (χ3n) is 4.63. The number of hydrogen-bond donors (Lipinski definition) is 1. The molecule has 1 atom stereocenters. The minimum absolute atomic E-state index is 0.0587. The van der Waals surface area contributed by atoms with Crippen molar-refractivity contribution in [3.63, 3.8) is 0 Å². The summed E-state index contributed by atoms with van der Waals surface area (Å²) in [7, 11) is 0. The lowest BCUT2D eigenvalue weighted by Gasteiger charge is -2.22. The van der Waals surface area contributed by atoms with Crippen LogP contribution in [0.4, 0.5) is 5.69 Å². The van der Waals surface area contributed by atoms with Gasteiger partial charge in [0, 0.05) is 37.2 Å². The third-order valence-corrected chi connectivity index (χ3v) is 4.63. The van der Waals surface area contributed by atoms with Gasteiger partial charge in [0.1, 0.15) is 0 Å². The van der Waals surface area contributed by atoms with Gasteiger partial charge in [-0.2, -0.15) is 0 Å². The lowest BCUT2D eigenvalue weighted by molar-refractivity contribution is -0.384. The second-order valence-electron chi connectivity index (χ2n) is 6.09. The Morgan fingerprint density at radius 3 is 2.71 bits per heavy atom. The number of amides is 1. The summed E-state index contributed by atoms with van der Waals surface area (Å²) in [6.45, 7) is 3.72. The van der Waals surface area contributed by atoms with Crippen LogP contribution in [0.3, 0.4) is 0 Å². The molecule has 2 saturated heterocycles. The Kier molecular flexibility index (Phi) is 3.63. The van der Waals surface area contributed by atoms with Gasteiger partial charge >= 0.3 is 0 Å². The molecule has 1 unspecified atom stereocenters. The standard InChI is InChI=1S/C15H19N3O3/c19-14(9-12-1-3-13(4-2-12)18(20)21)17-8-6-15(11-17)5-7-16-10-15/h1-4,16H,5-11H2. The molecular weight excluding hydrogens is 270 g/mol. The molecule has 3 rings (SSSR count). The van der Waals surface area contributed by atoms with E-state index in [-0.39, 0.29) is 17.0 Å². The van der Waals surface area contributed by atoms with E-state index >= 15 is 0 Å². The first-order valence-electron chi connectivity index (χ1n) is 7.30. The van der Waals surface area contributed by atoms with Crippen LogP contribution in [0, 0.1) is 15.5 Å². The maximum absolute atomic E-state index is 12.3. The van der Waals surface area contributed by atoms with Crippen LogP contribution in [0.15, 0.2) is 24.3 Å². The van der Waals surface area contributed by atoms with Gasteiger partial charge in [0.15, 0.2) is 0 Å². The summed E-state index contributed by atoms with van der Waals surface area (Å²) in [5.41, 5.74) is 1.17. The minimum atomic E-state index is -0.428. The molecule has 21 heavy (non-hydrogen) atoms. The summed E-state index contributed by atoms with van der Waals surface area (Å²) in [4.78, 5) is 24.5. The monoisotopic (exact) mass is 289 g/mol. The van der Waals surface area contributed by atoms with Crippen molar-refractivity contribution >= 4 is 11.6 Å². The highest BCUT2D eigenvalue weighted by Crippen LogP contribution is 2.36. The van der Waals surface area contributed by atoms with Gasteiger partial charge < -0.3 is 10.2 Å². The molecule has 1 N–H and O–H groups in total. The number of nitrogens with one attached hydrogen (secondary N) is 1. The zero-order valence-electron chi connectivity index (χ0n) is 11.9. The molecule has 0 radical (unpaired) electrons. The van der Waals surface area contributed by atoms with E-state index in [0.717, 1.165) is 44.6 Å². The van der Waals surface area contributed by atoms with Crippen molar-refractivity contribution < 1.29 is 9.72 Å². The van der Waals surface area contributed by atoms with Crippen LogP contribution in [0.5, 0.6) is 0 Å². The Labute approximate surface area is 123 Å². The molecule has 2 aliphatic heterocycles. The predicted octanol–water partition coefficient (Wildman–Crippen LogP) is 1.35. The fourth-order valence-corrected chi connectivity index (χ4v) is 3.31. The molecule has 6 heteroatoms. The summed E-state index contributed by atoms with van der Waals surface area (Å²) in [6, 6.07) is 6.24. The van der Waals surface area contributed by atoms with Crippen LogP contribution in [-0.2, 0) is 11.2 Å². The van der Waals surface area contributed by atoms with Gasteiger partial charge in [0.2, 0.25) is 5.91 Å². The maximum Gasteiger partial charge on any atom is 0.269 e. The van der Waals surface area contributed by atoms with Gasteiger partial charge in [0.25, 0.3) is 5.69 Å². The number of nitro groups is 1. The van der Waals surface area contributed by atoms with Crippen LogP contribution >= 0.6 is 0 Å². The van der Waals surface area contributed by atoms with E-state index in [1.165, 1.54) is 12.1 Å². The third kappa shape index (κ3) is 2.90. The van der Waals surface area contributed by atoms with Crippen LogP contribution < -0.4 is 5.32 Å². The van der Waals surface area contributed by atoms with E-state index in [2.05, 4.69) is 5.32 Å². The van der Waals surface area contributed by atoms with E-state index < -0.39 is 4.92 Å². The Morgan fingerprint density at radius 1 is 1.33 bits per heavy atom. The molecule has 0 bridgehead atoms. The summed E-state index contributed by atoms with van der Waals surface area (Å²) >= 11 is 0. The number of benzene rings is 1. The molecule has 0 aliphatic carbocycles. The smallest absolute Gasteiger partial charge is 0.269 e. The van der Waals surface area contributed by atoms with Crippen molar-refractivity contribution in [1.29, 1.82) is 0 Å². The quantitative estimate of drug-likeness (QED) is 0.673. The van der Waals surface area contributed by atoms with Gasteiger partial charge in [-0.25, -0.2) is 0 Å². The Bertz CT molecular complexity index is 550. The average molecular weight is 289 g/mol. The molecule has 2 heterocycles. The lowest BCUT2D eigenvalue weighted by Crippen LogP contribution is -2.34. The molecule has 1 aromatic rings. The molecule has 1 aromatic carbocycles. The van der Waals surface area contributed by atoms with E-state index in [0.29, 0.717) is 6.42 Å². The van der Waals surface area contributed by atoms with E-state index in [1.807, 2.05) is 4.90 Å². The van der Waals surface area contributed by atoms with Crippen molar-refractivity contribution in [2.45, 2.75) is 19.3 Å². The SMILES string of the molecule is O=C(Cc1ccc([N+](=O)[O-])cc1)N1CCC2(CCNC2)C1. The van der Waals surface area contributed by atoms with Crippen LogP contribution in [0.2, 0.25) is 0 Å². The lowest BCUT2D eigenvalue weighted by atomic mass is 9.86. The molecule has 0 aromatic heterocycles. The summed E-state index contributed by atoms with van der Waals surface area (Å²) < 4.78 is 0. The highest BCUT2D eigenvalue weighted by molar-refractivity contribution is 5.79. The number of hydrogen-bond acceptors (Lipinski definition) is 4. The van der Waals surface area contributed by atoms with Crippen LogP contribution in [0.1, 0.15) is 18.4 Å². The number of rotatable bonds is 3. The first-order valence-corrected chi connectivity index (χ1v) is 7.30. The first kappa shape index (κ1) is 14.0. The fourth-order valence-electron chi connectivity index (χ4n) is 3.31. The number of carbonyl (C=O) groups excluding carboxylic acids is 1. The molecular formula is C15H19N3O3. The van der Waals surface area contributed by atoms with Gasteiger partial charge in [-0.3, -0.25) is 14.9 Å². The van der Waals surface area contributed by atoms with Crippen molar-refractivity contribution in [2.24, 2.45) is 5.41 Å². The number of nitro benzene ring substituents is 1. The van der Waals surface area contributed by atoms with E-state index in [4.69, 9.17) is 0 Å². The normalized spacial score (nSPS) is 24.7. The number of likely N-dealkylation sites (tertiary alicyclic amines) is 1. The second kappa shape index (κ2) is 5.44. The first-order chi connectivity index (χ1) is 10.1. The molecule has 1 spiro atoms. The van der Waals surface area contributed by atoms with Gasteiger partial charge in [0.05, 0.1) is 11.3 Å². The predicted molar refractivity (Wildman–Crippen MR) is 77.9 cm³/mol. The molecule has 112 valence electrons. The zero-order chi connectivity index (χ0) is 14.9. The Hall–Kier alpha value is -1.95. The topological polar surface area (TPSA) is 75.5 Å². The summed E-state index contributed by atoms with van der Waals surface area (Å²) in [5.74, 6) is 0.118. The minimum Gasteiger partial charge on any atom is -0.342 e. The van der Waals surface area contributed by atoms with Gasteiger partial charge in [-0.15, -0.1) is 0 Å². The van der Waals surface area contributed by atoms with Crippen molar-refractivity contribution in [3.8, 4) is 0 Å². The maximum atomic E-state index is 12.3. The Morgan fingerprint density at radius 2 is 2.10 bits per heavy atom. The van der Waals surface area contributed by atoms with Crippen LogP contribution in [-0.4, -0.2) is 41.9 Å². The number of carbonyl (C=O) groups is 1. The second-order valence-corrected chi connectivity index (χ2v) is 6.09. The molecule has 2 aliphatic rings. The molecule has 1 amide bonds. The molecule has 0 saturated carbocycles. The number of nitrogens with zero attached hydrogens (tertiary/aromatic N) is 2. The zero-order valence-corrected chi connectivity index (χ0v) is 11.9. The van der Waals surface area contributed by atoms with Crippen LogP contribution in [0.25, 0.3) is 0 Å². The summed E-state index contributed by atoms with van der Waals surface area (Å²) in [6.07, 6.45) is 2.54. The van der Waals surface area contributed by atoms with E-state index in [9.17, 15) is 14.9 Å². The largest absolute Gasteiger partial charge is 0.342 e. The van der Waals surface area contributed by atoms with Crippen molar-refractivity contribution in [3.05, 3.63) is 39.9 Å². The van der Waals surface area contributed by atoms with E-state index in [1.54, 1.807) is 12.1 Å². The van der Waals surface area contributed by atoms with Crippen molar-refractivity contribution in [1.82, 2.24) is 10.2 Å². The Balaban J connectivity index is 1.60. The van der Waals surface area contributed by atoms with Gasteiger partial charge in [-0.1, -0.05) is 12.1 Å².